The van der Waals surface area contributed by atoms with Gasteiger partial charge in [-0.3, -0.25) is 0 Å². The number of thiophene rings is 1. The molecule has 1 aromatic rings. The standard InChI is InChI=1S/C10H10N2S/c1-2-3-4-12-7-10-5-9(6-11)8-13-10/h5,8,12H,4,7H2,1H3. The minimum absolute atomic E-state index is 0.705. The molecule has 0 aromatic carbocycles. The Bertz CT molecular complexity index is 362. The molecular weight excluding hydrogens is 180 g/mol. The van der Waals surface area contributed by atoms with E-state index in [1.54, 1.807) is 11.3 Å². The lowest BCUT2D eigenvalue weighted by molar-refractivity contribution is 0.781. The summed E-state index contributed by atoms with van der Waals surface area (Å²) in [6.07, 6.45) is 0. The fourth-order valence-electron chi connectivity index (χ4n) is 0.869. The minimum Gasteiger partial charge on any atom is -0.301 e. The minimum atomic E-state index is 0.705. The first-order valence-electron chi connectivity index (χ1n) is 3.94. The van der Waals surface area contributed by atoms with E-state index in [9.17, 15) is 0 Å². The van der Waals surface area contributed by atoms with Gasteiger partial charge in [-0.1, -0.05) is 5.92 Å². The highest BCUT2D eigenvalue weighted by atomic mass is 32.1. The molecule has 0 bridgehead atoms. The van der Waals surface area contributed by atoms with Gasteiger partial charge in [-0.05, 0) is 13.0 Å². The summed E-state index contributed by atoms with van der Waals surface area (Å²) in [5.74, 6) is 5.73. The van der Waals surface area contributed by atoms with E-state index in [1.165, 1.54) is 4.88 Å². The molecule has 1 N–H and O–H groups in total. The Morgan fingerprint density at radius 3 is 3.08 bits per heavy atom. The molecule has 0 aliphatic rings. The van der Waals surface area contributed by atoms with Crippen LogP contribution in [0.25, 0.3) is 0 Å². The lowest BCUT2D eigenvalue weighted by atomic mass is 10.3. The molecule has 0 amide bonds. The monoisotopic (exact) mass is 190 g/mol. The zero-order valence-corrected chi connectivity index (χ0v) is 8.24. The Morgan fingerprint density at radius 1 is 1.62 bits per heavy atom. The second-order valence-electron chi connectivity index (χ2n) is 2.44. The van der Waals surface area contributed by atoms with Crippen LogP contribution in [0.1, 0.15) is 17.4 Å². The number of rotatable bonds is 3. The lowest BCUT2D eigenvalue weighted by Gasteiger charge is -1.94. The molecule has 0 atom stereocenters. The first kappa shape index (κ1) is 9.80. The summed E-state index contributed by atoms with van der Waals surface area (Å²) in [6, 6.07) is 4.00. The predicted octanol–water partition coefficient (Wildman–Crippen LogP) is 1.73. The van der Waals surface area contributed by atoms with E-state index < -0.39 is 0 Å². The van der Waals surface area contributed by atoms with Crippen molar-refractivity contribution in [3.05, 3.63) is 21.9 Å². The van der Waals surface area contributed by atoms with Gasteiger partial charge in [-0.25, -0.2) is 0 Å². The van der Waals surface area contributed by atoms with Crippen molar-refractivity contribution < 1.29 is 0 Å². The van der Waals surface area contributed by atoms with Crippen molar-refractivity contribution in [2.24, 2.45) is 0 Å². The smallest absolute Gasteiger partial charge is 0.100 e. The highest BCUT2D eigenvalue weighted by molar-refractivity contribution is 7.10. The molecule has 1 aromatic heterocycles. The Kier molecular flexibility index (Phi) is 4.05. The Morgan fingerprint density at radius 2 is 2.46 bits per heavy atom. The molecule has 66 valence electrons. The average molecular weight is 190 g/mol. The second-order valence-corrected chi connectivity index (χ2v) is 3.44. The van der Waals surface area contributed by atoms with Crippen LogP contribution in [0, 0.1) is 23.2 Å². The molecule has 0 unspecified atom stereocenters. The Labute approximate surface area is 82.2 Å². The summed E-state index contributed by atoms with van der Waals surface area (Å²) in [5, 5.41) is 13.6. The molecule has 1 rings (SSSR count). The molecule has 13 heavy (non-hydrogen) atoms. The Hall–Kier alpha value is -1.29. The van der Waals surface area contributed by atoms with E-state index in [-0.39, 0.29) is 0 Å². The normalized spacial score (nSPS) is 8.62. The van der Waals surface area contributed by atoms with Crippen molar-refractivity contribution in [2.45, 2.75) is 13.5 Å². The van der Waals surface area contributed by atoms with Crippen LogP contribution in [0.4, 0.5) is 0 Å². The van der Waals surface area contributed by atoms with Gasteiger partial charge in [0.05, 0.1) is 12.1 Å². The highest BCUT2D eigenvalue weighted by Gasteiger charge is 1.96. The number of hydrogen-bond donors (Lipinski definition) is 1. The SMILES string of the molecule is CC#CCNCc1cc(C#N)cs1. The molecule has 0 aliphatic heterocycles. The van der Waals surface area contributed by atoms with Gasteiger partial charge >= 0.3 is 0 Å². The summed E-state index contributed by atoms with van der Waals surface area (Å²) in [6.45, 7) is 3.32. The molecular formula is C10H10N2S. The number of hydrogen-bond acceptors (Lipinski definition) is 3. The number of nitriles is 1. The largest absolute Gasteiger partial charge is 0.301 e. The van der Waals surface area contributed by atoms with Crippen molar-refractivity contribution in [1.29, 1.82) is 5.26 Å². The third-order valence-corrected chi connectivity index (χ3v) is 2.41. The highest BCUT2D eigenvalue weighted by Crippen LogP contribution is 2.12. The molecule has 3 heteroatoms. The van der Waals surface area contributed by atoms with Gasteiger partial charge in [0.25, 0.3) is 0 Å². The van der Waals surface area contributed by atoms with E-state index in [1.807, 2.05) is 18.4 Å². The summed E-state index contributed by atoms with van der Waals surface area (Å²) in [7, 11) is 0. The third-order valence-electron chi connectivity index (χ3n) is 1.47. The van der Waals surface area contributed by atoms with E-state index in [0.29, 0.717) is 6.54 Å². The zero-order valence-electron chi connectivity index (χ0n) is 7.42. The molecule has 2 nitrogen and oxygen atoms in total. The van der Waals surface area contributed by atoms with Crippen LogP contribution in [0.2, 0.25) is 0 Å². The quantitative estimate of drug-likeness (QED) is 0.582. The fraction of sp³-hybridized carbons (Fsp3) is 0.300. The van der Waals surface area contributed by atoms with E-state index in [2.05, 4.69) is 23.2 Å². The third kappa shape index (κ3) is 3.29. The second kappa shape index (κ2) is 5.37. The summed E-state index contributed by atoms with van der Waals surface area (Å²) in [5.41, 5.74) is 0.739. The maximum Gasteiger partial charge on any atom is 0.100 e. The molecule has 0 saturated heterocycles. The predicted molar refractivity (Wildman–Crippen MR) is 54.2 cm³/mol. The molecule has 1 heterocycles. The van der Waals surface area contributed by atoms with Gasteiger partial charge in [-0.15, -0.1) is 17.3 Å². The van der Waals surface area contributed by atoms with Crippen LogP contribution < -0.4 is 5.32 Å². The summed E-state index contributed by atoms with van der Waals surface area (Å²) in [4.78, 5) is 1.18. The van der Waals surface area contributed by atoms with Gasteiger partial charge in [0.1, 0.15) is 6.07 Å². The van der Waals surface area contributed by atoms with Crippen LogP contribution in [0.15, 0.2) is 11.4 Å². The molecule has 0 aliphatic carbocycles. The van der Waals surface area contributed by atoms with Gasteiger partial charge < -0.3 is 5.32 Å². The molecule has 0 radical (unpaired) electrons. The van der Waals surface area contributed by atoms with Crippen LogP contribution in [0.5, 0.6) is 0 Å². The molecule has 0 saturated carbocycles. The van der Waals surface area contributed by atoms with E-state index in [4.69, 9.17) is 5.26 Å². The summed E-state index contributed by atoms with van der Waals surface area (Å²) < 4.78 is 0. The maximum atomic E-state index is 8.57. The van der Waals surface area contributed by atoms with Crippen molar-refractivity contribution in [2.75, 3.05) is 6.54 Å². The number of nitrogens with zero attached hydrogens (tertiary/aromatic N) is 1. The van der Waals surface area contributed by atoms with Crippen molar-refractivity contribution >= 4 is 11.3 Å². The van der Waals surface area contributed by atoms with Crippen LogP contribution >= 0.6 is 11.3 Å². The van der Waals surface area contributed by atoms with Gasteiger partial charge in [0.2, 0.25) is 0 Å². The summed E-state index contributed by atoms with van der Waals surface area (Å²) >= 11 is 1.60. The van der Waals surface area contributed by atoms with Gasteiger partial charge in [0, 0.05) is 16.8 Å². The first-order chi connectivity index (χ1) is 6.36. The maximum absolute atomic E-state index is 8.57. The van der Waals surface area contributed by atoms with Crippen molar-refractivity contribution in [3.8, 4) is 17.9 Å². The topological polar surface area (TPSA) is 35.8 Å². The van der Waals surface area contributed by atoms with Crippen molar-refractivity contribution in [3.63, 3.8) is 0 Å². The van der Waals surface area contributed by atoms with E-state index >= 15 is 0 Å². The van der Waals surface area contributed by atoms with Crippen molar-refractivity contribution in [1.82, 2.24) is 5.32 Å². The molecule has 0 fully saturated rings. The average Bonchev–Trinajstić information content (AvgIpc) is 2.60. The molecule has 0 spiro atoms. The van der Waals surface area contributed by atoms with Gasteiger partial charge in [-0.2, -0.15) is 5.26 Å². The van der Waals surface area contributed by atoms with Crippen LogP contribution in [0.3, 0.4) is 0 Å². The first-order valence-corrected chi connectivity index (χ1v) is 4.82. The number of nitrogens with one attached hydrogen (secondary N) is 1. The van der Waals surface area contributed by atoms with Gasteiger partial charge in [0.15, 0.2) is 0 Å². The Balaban J connectivity index is 2.36. The van der Waals surface area contributed by atoms with Crippen LogP contribution in [-0.4, -0.2) is 6.54 Å². The fourth-order valence-corrected chi connectivity index (χ4v) is 1.65. The van der Waals surface area contributed by atoms with Crippen LogP contribution in [-0.2, 0) is 6.54 Å². The zero-order chi connectivity index (χ0) is 9.52. The lowest BCUT2D eigenvalue weighted by Crippen LogP contribution is -2.11. The van der Waals surface area contributed by atoms with E-state index in [0.717, 1.165) is 12.1 Å².